The van der Waals surface area contributed by atoms with Gasteiger partial charge in [0.25, 0.3) is 0 Å². The first kappa shape index (κ1) is 14.7. The van der Waals surface area contributed by atoms with Crippen molar-refractivity contribution >= 4 is 5.97 Å². The first-order valence-electron chi connectivity index (χ1n) is 8.16. The Hall–Kier alpha value is -2.87. The van der Waals surface area contributed by atoms with Gasteiger partial charge in [-0.15, -0.1) is 0 Å². The molecule has 0 fully saturated rings. The highest BCUT2D eigenvalue weighted by molar-refractivity contribution is 5.85. The van der Waals surface area contributed by atoms with Crippen LogP contribution in [0, 0.1) is 6.92 Å². The highest BCUT2D eigenvalue weighted by atomic mass is 16.5. The van der Waals surface area contributed by atoms with Gasteiger partial charge in [-0.1, -0.05) is 78.4 Å². The molecule has 0 unspecified atom stereocenters. The topological polar surface area (TPSA) is 26.3 Å². The minimum atomic E-state index is -0.331. The zero-order valence-electron chi connectivity index (χ0n) is 13.5. The Kier molecular flexibility index (Phi) is 3.66. The number of aryl methyl sites for hydroxylation is 1. The fourth-order valence-electron chi connectivity index (χ4n) is 3.51. The summed E-state index contributed by atoms with van der Waals surface area (Å²) in [5.74, 6) is 0.116. The van der Waals surface area contributed by atoms with Crippen molar-refractivity contribution in [3.63, 3.8) is 0 Å². The maximum atomic E-state index is 12.8. The zero-order chi connectivity index (χ0) is 16.5. The molecule has 2 heteroatoms. The average molecular weight is 314 g/mol. The first-order valence-corrected chi connectivity index (χ1v) is 8.16. The minimum absolute atomic E-state index is 0.0373. The van der Waals surface area contributed by atoms with Gasteiger partial charge in [-0.05, 0) is 24.1 Å². The molecule has 3 aromatic rings. The second kappa shape index (κ2) is 5.97. The molecule has 24 heavy (non-hydrogen) atoms. The molecule has 0 spiro atoms. The smallest absolute Gasteiger partial charge is 0.319 e. The Balaban J connectivity index is 1.94. The number of esters is 1. The summed E-state index contributed by atoms with van der Waals surface area (Å²) in [4.78, 5) is 12.8. The van der Waals surface area contributed by atoms with Gasteiger partial charge >= 0.3 is 5.97 Å². The van der Waals surface area contributed by atoms with Crippen LogP contribution >= 0.6 is 0 Å². The van der Waals surface area contributed by atoms with E-state index >= 15 is 0 Å². The Bertz CT molecular complexity index is 869. The number of hydrogen-bond donors (Lipinski definition) is 0. The number of fused-ring (bicyclic) bond motifs is 1. The van der Waals surface area contributed by atoms with E-state index in [0.717, 1.165) is 16.7 Å². The molecule has 0 radical (unpaired) electrons. The number of hydrogen-bond acceptors (Lipinski definition) is 2. The highest BCUT2D eigenvalue weighted by Gasteiger charge is 2.39. The highest BCUT2D eigenvalue weighted by Crippen LogP contribution is 2.46. The number of rotatable bonds is 2. The lowest BCUT2D eigenvalue weighted by Crippen LogP contribution is -2.30. The molecule has 1 aliphatic rings. The molecule has 0 saturated heterocycles. The molecule has 2 atom stereocenters. The molecule has 0 bridgehead atoms. The zero-order valence-corrected chi connectivity index (χ0v) is 13.5. The van der Waals surface area contributed by atoms with E-state index < -0.39 is 0 Å². The lowest BCUT2D eigenvalue weighted by atomic mass is 9.75. The van der Waals surface area contributed by atoms with Crippen LogP contribution in [0.15, 0.2) is 78.9 Å². The molecule has 4 rings (SSSR count). The van der Waals surface area contributed by atoms with Gasteiger partial charge in [-0.25, -0.2) is 0 Å². The summed E-state index contributed by atoms with van der Waals surface area (Å²) in [5, 5.41) is 0. The molecule has 0 N–H and O–H groups in total. The van der Waals surface area contributed by atoms with Crippen molar-refractivity contribution in [3.05, 3.63) is 101 Å². The van der Waals surface area contributed by atoms with Crippen LogP contribution < -0.4 is 4.74 Å². The molecule has 0 aromatic heterocycles. The standard InChI is InChI=1S/C22H18O2/c1-15-12-13-19-18(14-15)20(16-8-4-2-5-9-16)21(22(23)24-19)17-10-6-3-7-11-17/h2-14,20-21H,1H3/t20-,21-/m1/s1. The molecule has 1 aliphatic heterocycles. The van der Waals surface area contributed by atoms with Gasteiger partial charge in [0.15, 0.2) is 0 Å². The SMILES string of the molecule is Cc1ccc2c(c1)[C@@H](c1ccccc1)[C@@H](c1ccccc1)C(=O)O2. The van der Waals surface area contributed by atoms with E-state index in [9.17, 15) is 4.79 Å². The monoisotopic (exact) mass is 314 g/mol. The van der Waals surface area contributed by atoms with Crippen molar-refractivity contribution in [1.82, 2.24) is 0 Å². The number of benzene rings is 3. The van der Waals surface area contributed by atoms with Gasteiger partial charge in [0.2, 0.25) is 0 Å². The average Bonchev–Trinajstić information content (AvgIpc) is 2.62. The normalized spacial score (nSPS) is 19.5. The van der Waals surface area contributed by atoms with Crippen molar-refractivity contribution in [2.45, 2.75) is 18.8 Å². The number of carbonyl (C=O) groups is 1. The van der Waals surface area contributed by atoms with Gasteiger partial charge in [0, 0.05) is 11.5 Å². The van der Waals surface area contributed by atoms with Gasteiger partial charge in [-0.2, -0.15) is 0 Å². The van der Waals surface area contributed by atoms with Crippen LogP contribution in [0.25, 0.3) is 0 Å². The largest absolute Gasteiger partial charge is 0.426 e. The summed E-state index contributed by atoms with van der Waals surface area (Å²) >= 11 is 0. The van der Waals surface area contributed by atoms with Crippen molar-refractivity contribution in [2.24, 2.45) is 0 Å². The van der Waals surface area contributed by atoms with Crippen LogP contribution in [0.1, 0.15) is 34.1 Å². The number of ether oxygens (including phenoxy) is 1. The minimum Gasteiger partial charge on any atom is -0.426 e. The summed E-state index contributed by atoms with van der Waals surface area (Å²) in [6.45, 7) is 2.07. The molecule has 0 aliphatic carbocycles. The maximum absolute atomic E-state index is 12.8. The molecule has 1 heterocycles. The van der Waals surface area contributed by atoms with Crippen LogP contribution in [0.3, 0.4) is 0 Å². The predicted octanol–water partition coefficient (Wildman–Crippen LogP) is 4.83. The van der Waals surface area contributed by atoms with Crippen molar-refractivity contribution in [3.8, 4) is 5.75 Å². The summed E-state index contributed by atoms with van der Waals surface area (Å²) < 4.78 is 5.67. The Morgan fingerprint density at radius 2 is 1.33 bits per heavy atom. The van der Waals surface area contributed by atoms with E-state index in [1.54, 1.807) is 0 Å². The molecule has 0 amide bonds. The van der Waals surface area contributed by atoms with E-state index in [2.05, 4.69) is 25.1 Å². The lowest BCUT2D eigenvalue weighted by molar-refractivity contribution is -0.137. The fraction of sp³-hybridized carbons (Fsp3) is 0.136. The summed E-state index contributed by atoms with van der Waals surface area (Å²) in [6, 6.07) is 26.1. The third kappa shape index (κ3) is 2.50. The van der Waals surface area contributed by atoms with E-state index in [-0.39, 0.29) is 17.8 Å². The second-order valence-electron chi connectivity index (χ2n) is 6.24. The Morgan fingerprint density at radius 1 is 0.750 bits per heavy atom. The quantitative estimate of drug-likeness (QED) is 0.500. The predicted molar refractivity (Wildman–Crippen MR) is 94.3 cm³/mol. The molecule has 2 nitrogen and oxygen atoms in total. The van der Waals surface area contributed by atoms with Crippen molar-refractivity contribution < 1.29 is 9.53 Å². The van der Waals surface area contributed by atoms with Gasteiger partial charge in [0.1, 0.15) is 5.75 Å². The van der Waals surface area contributed by atoms with Crippen LogP contribution in [0.4, 0.5) is 0 Å². The van der Waals surface area contributed by atoms with Crippen LogP contribution in [0.2, 0.25) is 0 Å². The summed E-state index contributed by atoms with van der Waals surface area (Å²) in [6.07, 6.45) is 0. The number of carbonyl (C=O) groups excluding carboxylic acids is 1. The second-order valence-corrected chi connectivity index (χ2v) is 6.24. The molecular weight excluding hydrogens is 296 g/mol. The summed E-state index contributed by atoms with van der Waals surface area (Å²) in [7, 11) is 0. The third-order valence-corrected chi connectivity index (χ3v) is 4.62. The molecular formula is C22H18O2. The molecule has 0 saturated carbocycles. The van der Waals surface area contributed by atoms with Crippen molar-refractivity contribution in [2.75, 3.05) is 0 Å². The van der Waals surface area contributed by atoms with Crippen LogP contribution in [-0.4, -0.2) is 5.97 Å². The maximum Gasteiger partial charge on any atom is 0.319 e. The fourth-order valence-corrected chi connectivity index (χ4v) is 3.51. The molecule has 118 valence electrons. The summed E-state index contributed by atoms with van der Waals surface area (Å²) in [5.41, 5.74) is 4.37. The van der Waals surface area contributed by atoms with Gasteiger partial charge < -0.3 is 4.74 Å². The van der Waals surface area contributed by atoms with Gasteiger partial charge in [-0.3, -0.25) is 4.79 Å². The Labute approximate surface area is 141 Å². The van der Waals surface area contributed by atoms with E-state index in [0.29, 0.717) is 5.75 Å². The lowest BCUT2D eigenvalue weighted by Gasteiger charge is -2.33. The van der Waals surface area contributed by atoms with E-state index in [4.69, 9.17) is 4.74 Å². The van der Waals surface area contributed by atoms with E-state index in [1.807, 2.05) is 60.7 Å². The van der Waals surface area contributed by atoms with Gasteiger partial charge in [0.05, 0.1) is 5.92 Å². The van der Waals surface area contributed by atoms with E-state index in [1.165, 1.54) is 5.56 Å². The first-order chi connectivity index (χ1) is 11.7. The van der Waals surface area contributed by atoms with Crippen molar-refractivity contribution in [1.29, 1.82) is 0 Å². The Morgan fingerprint density at radius 3 is 1.96 bits per heavy atom. The van der Waals surface area contributed by atoms with Crippen LogP contribution in [0.5, 0.6) is 5.75 Å². The third-order valence-electron chi connectivity index (χ3n) is 4.62. The van der Waals surface area contributed by atoms with Crippen LogP contribution in [-0.2, 0) is 4.79 Å². The molecule has 3 aromatic carbocycles.